The minimum Gasteiger partial charge on any atom is -0.504 e. The van der Waals surface area contributed by atoms with Crippen LogP contribution in [-0.2, 0) is 62.1 Å². The summed E-state index contributed by atoms with van der Waals surface area (Å²) in [5, 5.41) is 15.5. The van der Waals surface area contributed by atoms with Crippen molar-refractivity contribution >= 4 is 75.0 Å². The van der Waals surface area contributed by atoms with Crippen molar-refractivity contribution in [2.75, 3.05) is 20.8 Å². The molecule has 2 amide bonds. The van der Waals surface area contributed by atoms with Gasteiger partial charge in [0, 0.05) is 98.7 Å². The van der Waals surface area contributed by atoms with Crippen LogP contribution in [0.15, 0.2) is 93.3 Å². The van der Waals surface area contributed by atoms with Crippen LogP contribution in [0.25, 0.3) is 0 Å². The minimum atomic E-state index is -0.381. The second-order valence-electron chi connectivity index (χ2n) is 13.9. The Kier molecular flexibility index (Phi) is 22.4. The Morgan fingerprint density at radius 3 is 1.63 bits per heavy atom. The average molecular weight is 917 g/mol. The zero-order valence-corrected chi connectivity index (χ0v) is 39.2. The highest BCUT2D eigenvalue weighted by Crippen LogP contribution is 2.34. The minimum absolute atomic E-state index is 0.0217. The molecule has 4 heterocycles. The molecule has 344 valence electrons. The number of Topliss-reactive ketones (excluding diaryl/α,β-unsaturated/α-hetero) is 2. The largest absolute Gasteiger partial charge is 0.504 e. The number of ketones is 2. The highest BCUT2D eigenvalue weighted by atomic mass is 32.2. The first-order chi connectivity index (χ1) is 29.2. The van der Waals surface area contributed by atoms with Gasteiger partial charge in [0.05, 0.1) is 27.1 Å². The molecule has 4 aliphatic rings. The summed E-state index contributed by atoms with van der Waals surface area (Å²) in [6, 6.07) is 0.114. The van der Waals surface area contributed by atoms with Gasteiger partial charge in [-0.1, -0.05) is 13.2 Å². The number of methoxy groups -OCH3 is 2. The number of carbonyl (C=O) groups excluding carboxylic acids is 9. The Morgan fingerprint density at radius 2 is 1.24 bits per heavy atom. The third kappa shape index (κ3) is 17.6. The summed E-state index contributed by atoms with van der Waals surface area (Å²) < 4.78 is 18.8. The first-order valence-corrected chi connectivity index (χ1v) is 20.7. The highest BCUT2D eigenvalue weighted by Gasteiger charge is 2.34. The molecule has 0 radical (unpaired) electrons. The molecular formula is C43H56N4O14S2. The van der Waals surface area contributed by atoms with Crippen LogP contribution in [0.5, 0.6) is 0 Å². The number of aliphatic hydroxyl groups is 1. The summed E-state index contributed by atoms with van der Waals surface area (Å²) in [5.74, 6) is -1.52. The predicted octanol–water partition coefficient (Wildman–Crippen LogP) is 5.44. The van der Waals surface area contributed by atoms with Gasteiger partial charge in [-0.2, -0.15) is 0 Å². The third-order valence-electron chi connectivity index (χ3n) is 8.85. The van der Waals surface area contributed by atoms with Crippen LogP contribution < -0.4 is 10.6 Å². The Hall–Kier alpha value is -6.15. The SMILES string of the molecule is C=C1C=C(COC(C)=O)OC=C1O.C=C1NC(C)=C(C(C)=O)C1CC(=O)OC.CC(=O)SC1=CN(C(C)=O)C(SC(C)=O)=CN1C(C)=O.COC(=O)CC1C(C(C)=O)=C(C)NC1C. The van der Waals surface area contributed by atoms with Crippen LogP contribution in [0.2, 0.25) is 0 Å². The van der Waals surface area contributed by atoms with Crippen molar-refractivity contribution in [3.63, 3.8) is 0 Å². The van der Waals surface area contributed by atoms with Gasteiger partial charge >= 0.3 is 17.9 Å². The molecule has 0 spiro atoms. The lowest BCUT2D eigenvalue weighted by Gasteiger charge is -2.30. The molecule has 0 saturated carbocycles. The van der Waals surface area contributed by atoms with Gasteiger partial charge in [0.25, 0.3) is 0 Å². The summed E-state index contributed by atoms with van der Waals surface area (Å²) in [7, 11) is 2.69. The maximum Gasteiger partial charge on any atom is 0.306 e. The number of allylic oxidation sites excluding steroid dienone is 4. The van der Waals surface area contributed by atoms with E-state index in [0.717, 1.165) is 46.8 Å². The van der Waals surface area contributed by atoms with Crippen molar-refractivity contribution in [2.45, 2.75) is 88.1 Å². The standard InChI is InChI=1S/C12H14N2O4S2.C11H17NO3.C11H15NO3.C9H10O4/c1-7(15)13-5-12(20-10(4)18)14(8(2)16)6-11(13)19-9(3)17;2*1-6-9(5-10(14)15-4)11(8(3)13)7(2)12-6;1-6-3-8(4-12-7(2)10)13-5-9(6)11/h5-6H,1-4H3;6,9,12H,5H2,1-4H3;9,12H,1,5H2,2-4H3;3,5,11H,1,4H2,2H3. The number of aliphatic hydroxyl groups excluding tert-OH is 1. The van der Waals surface area contributed by atoms with E-state index in [4.69, 9.17) is 9.84 Å². The molecule has 63 heavy (non-hydrogen) atoms. The van der Waals surface area contributed by atoms with Gasteiger partial charge in [-0.05, 0) is 64.2 Å². The number of esters is 3. The molecule has 0 aliphatic carbocycles. The molecular weight excluding hydrogens is 861 g/mol. The van der Waals surface area contributed by atoms with E-state index in [1.54, 1.807) is 6.92 Å². The molecule has 3 atom stereocenters. The van der Waals surface area contributed by atoms with E-state index in [9.17, 15) is 43.2 Å². The van der Waals surface area contributed by atoms with Crippen molar-refractivity contribution in [2.24, 2.45) is 11.8 Å². The van der Waals surface area contributed by atoms with Crippen LogP contribution in [0, 0.1) is 11.8 Å². The summed E-state index contributed by atoms with van der Waals surface area (Å²) in [5.41, 5.74) is 4.14. The second kappa shape index (κ2) is 25.7. The number of hydrogen-bond acceptors (Lipinski definition) is 18. The van der Waals surface area contributed by atoms with Crippen LogP contribution in [0.3, 0.4) is 0 Å². The van der Waals surface area contributed by atoms with Crippen LogP contribution in [0.4, 0.5) is 0 Å². The normalized spacial score (nSPS) is 18.6. The molecule has 0 aromatic heterocycles. The molecule has 4 rings (SSSR count). The summed E-state index contributed by atoms with van der Waals surface area (Å²) in [4.78, 5) is 104. The molecule has 20 heteroatoms. The molecule has 0 saturated heterocycles. The number of carbonyl (C=O) groups is 9. The zero-order valence-electron chi connectivity index (χ0n) is 37.5. The van der Waals surface area contributed by atoms with E-state index in [0.29, 0.717) is 32.7 Å². The Labute approximate surface area is 375 Å². The first kappa shape index (κ1) is 54.9. The van der Waals surface area contributed by atoms with Crippen molar-refractivity contribution in [1.29, 1.82) is 0 Å². The van der Waals surface area contributed by atoms with Crippen molar-refractivity contribution < 1.29 is 67.2 Å². The number of ether oxygens (including phenoxy) is 4. The lowest BCUT2D eigenvalue weighted by molar-refractivity contribution is -0.142. The number of hydrogen-bond donors (Lipinski definition) is 3. The van der Waals surface area contributed by atoms with Gasteiger partial charge in [0.15, 0.2) is 27.6 Å². The number of nitrogens with one attached hydrogen (secondary N) is 2. The molecule has 3 unspecified atom stereocenters. The fourth-order valence-corrected chi connectivity index (χ4v) is 7.56. The third-order valence-corrected chi connectivity index (χ3v) is 10.4. The van der Waals surface area contributed by atoms with Crippen molar-refractivity contribution in [1.82, 2.24) is 20.4 Å². The monoisotopic (exact) mass is 916 g/mol. The Bertz CT molecular complexity index is 2050. The lowest BCUT2D eigenvalue weighted by atomic mass is 9.90. The van der Waals surface area contributed by atoms with Gasteiger partial charge in [-0.15, -0.1) is 0 Å². The summed E-state index contributed by atoms with van der Waals surface area (Å²) in [6.07, 6.45) is 5.87. The maximum absolute atomic E-state index is 11.6. The van der Waals surface area contributed by atoms with Gasteiger partial charge in [-0.3, -0.25) is 53.0 Å². The van der Waals surface area contributed by atoms with E-state index in [1.165, 1.54) is 91.0 Å². The Morgan fingerprint density at radius 1 is 0.762 bits per heavy atom. The summed E-state index contributed by atoms with van der Waals surface area (Å²) in [6.45, 7) is 22.8. The smallest absolute Gasteiger partial charge is 0.306 e. The first-order valence-electron chi connectivity index (χ1n) is 19.0. The summed E-state index contributed by atoms with van der Waals surface area (Å²) >= 11 is 1.70. The number of thioether (sulfide) groups is 2. The van der Waals surface area contributed by atoms with Crippen LogP contribution in [-0.4, -0.2) is 93.3 Å². The molecule has 0 aromatic carbocycles. The van der Waals surface area contributed by atoms with Gasteiger partial charge < -0.3 is 34.7 Å². The number of nitrogens with zero attached hydrogens (tertiary/aromatic N) is 2. The quantitative estimate of drug-likeness (QED) is 0.183. The van der Waals surface area contributed by atoms with E-state index < -0.39 is 0 Å². The van der Waals surface area contributed by atoms with E-state index in [-0.39, 0.29) is 94.6 Å². The molecule has 4 aliphatic heterocycles. The number of amides is 2. The van der Waals surface area contributed by atoms with Gasteiger partial charge in [-0.25, -0.2) is 0 Å². The van der Waals surface area contributed by atoms with Crippen molar-refractivity contribution in [3.05, 3.63) is 93.3 Å². The highest BCUT2D eigenvalue weighted by molar-refractivity contribution is 8.17. The van der Waals surface area contributed by atoms with Crippen LogP contribution in [0.1, 0.15) is 82.1 Å². The fraction of sp³-hybridized carbons (Fsp3) is 0.419. The second-order valence-corrected chi connectivity index (χ2v) is 16.3. The molecule has 0 bridgehead atoms. The molecule has 3 N–H and O–H groups in total. The van der Waals surface area contributed by atoms with Gasteiger partial charge in [0.1, 0.15) is 28.7 Å². The van der Waals surface area contributed by atoms with Crippen molar-refractivity contribution in [3.8, 4) is 0 Å². The Balaban J connectivity index is 0.000000425. The zero-order chi connectivity index (χ0) is 48.5. The topological polar surface area (TPSA) is 241 Å². The predicted molar refractivity (Wildman–Crippen MR) is 235 cm³/mol. The van der Waals surface area contributed by atoms with E-state index >= 15 is 0 Å². The lowest BCUT2D eigenvalue weighted by Crippen LogP contribution is -2.33. The maximum atomic E-state index is 11.6. The van der Waals surface area contributed by atoms with E-state index in [2.05, 4.69) is 38.0 Å². The number of rotatable bonds is 10. The molecule has 0 fully saturated rings. The molecule has 0 aromatic rings. The van der Waals surface area contributed by atoms with Gasteiger partial charge in [0.2, 0.25) is 11.8 Å². The van der Waals surface area contributed by atoms with Crippen LogP contribution >= 0.6 is 23.5 Å². The fourth-order valence-electron chi connectivity index (χ4n) is 6.10. The average Bonchev–Trinajstić information content (AvgIpc) is 3.62. The molecule has 18 nitrogen and oxygen atoms in total. The van der Waals surface area contributed by atoms with E-state index in [1.807, 2.05) is 13.8 Å².